The minimum absolute atomic E-state index is 0.0529. The molecular weight excluding hydrogens is 474 g/mol. The van der Waals surface area contributed by atoms with E-state index in [0.29, 0.717) is 52.2 Å². The number of nitriles is 1. The molecule has 0 bridgehead atoms. The predicted molar refractivity (Wildman–Crippen MR) is 130 cm³/mol. The zero-order valence-corrected chi connectivity index (χ0v) is 20.7. The number of likely N-dealkylation sites (N-methyl/N-ethyl adjacent to an activating group) is 1. The normalized spacial score (nSPS) is 19.8. The van der Waals surface area contributed by atoms with Crippen LogP contribution in [-0.2, 0) is 20.8 Å². The number of nitrogens with zero attached hydrogens (tertiary/aromatic N) is 5. The van der Waals surface area contributed by atoms with Crippen molar-refractivity contribution in [3.8, 4) is 5.40 Å². The molecule has 12 heteroatoms. The first-order valence-corrected chi connectivity index (χ1v) is 12.2. The number of hydrogen-bond donors (Lipinski definition) is 3. The molecule has 0 aliphatic carbocycles. The Morgan fingerprint density at radius 2 is 1.31 bits per heavy atom. The van der Waals surface area contributed by atoms with E-state index in [-0.39, 0.29) is 25.7 Å². The van der Waals surface area contributed by atoms with Gasteiger partial charge in [-0.25, -0.2) is 0 Å². The Kier molecular flexibility index (Phi) is 11.9. The summed E-state index contributed by atoms with van der Waals surface area (Å²) in [6, 6.07) is 7.62. The number of aliphatic carboxylic acids is 3. The Labute approximate surface area is 209 Å². The van der Waals surface area contributed by atoms with Gasteiger partial charge in [0.2, 0.25) is 0 Å². The van der Waals surface area contributed by atoms with E-state index in [1.807, 2.05) is 41.6 Å². The summed E-state index contributed by atoms with van der Waals surface area (Å²) in [5, 5.41) is 39.0. The summed E-state index contributed by atoms with van der Waals surface area (Å²) < 4.78 is 0. The van der Waals surface area contributed by atoms with E-state index in [0.717, 1.165) is 22.2 Å². The maximum atomic E-state index is 11.5. The van der Waals surface area contributed by atoms with Crippen LogP contribution in [0, 0.1) is 10.7 Å². The lowest BCUT2D eigenvalue weighted by Crippen LogP contribution is -2.51. The number of carboxylic acids is 3. The van der Waals surface area contributed by atoms with Crippen molar-refractivity contribution in [2.75, 3.05) is 72.5 Å². The molecule has 1 fully saturated rings. The van der Waals surface area contributed by atoms with Crippen LogP contribution < -0.4 is 0 Å². The van der Waals surface area contributed by atoms with Gasteiger partial charge in [-0.3, -0.25) is 29.1 Å². The van der Waals surface area contributed by atoms with Crippen LogP contribution >= 0.6 is 11.8 Å². The maximum absolute atomic E-state index is 11.5. The van der Waals surface area contributed by atoms with Crippen molar-refractivity contribution in [2.24, 2.45) is 0 Å². The quantitative estimate of drug-likeness (QED) is 0.311. The van der Waals surface area contributed by atoms with Crippen LogP contribution in [0.5, 0.6) is 0 Å². The first-order valence-electron chi connectivity index (χ1n) is 11.3. The minimum Gasteiger partial charge on any atom is -0.480 e. The van der Waals surface area contributed by atoms with Crippen molar-refractivity contribution in [2.45, 2.75) is 17.4 Å². The standard InChI is InChI=1S/C23H33N5O6S/c1-25-6-7-26(14-21(29)30)8-9-27(15-22(31)32)10-11-28(16-23(33)34)13-19(25)12-18-2-4-20(5-3-18)35-17-24/h2-5,19H,6-16H2,1H3,(H,29,30)(H,31,32)(H,33,34)/t19-/m0/s1. The van der Waals surface area contributed by atoms with E-state index in [9.17, 15) is 29.7 Å². The molecule has 1 heterocycles. The fraction of sp³-hybridized carbons (Fsp3) is 0.565. The fourth-order valence-corrected chi connectivity index (χ4v) is 4.45. The van der Waals surface area contributed by atoms with Crippen molar-refractivity contribution in [3.63, 3.8) is 0 Å². The van der Waals surface area contributed by atoms with Gasteiger partial charge in [0.05, 0.1) is 19.6 Å². The van der Waals surface area contributed by atoms with Crippen molar-refractivity contribution < 1.29 is 29.7 Å². The molecule has 0 spiro atoms. The van der Waals surface area contributed by atoms with Crippen LogP contribution in [0.4, 0.5) is 0 Å². The molecule has 1 aromatic rings. The molecule has 0 saturated carbocycles. The number of carboxylic acid groups (broad SMARTS) is 3. The van der Waals surface area contributed by atoms with Crippen molar-refractivity contribution in [3.05, 3.63) is 29.8 Å². The first-order chi connectivity index (χ1) is 16.7. The van der Waals surface area contributed by atoms with E-state index in [4.69, 9.17) is 5.26 Å². The second-order valence-electron chi connectivity index (χ2n) is 8.64. The average molecular weight is 508 g/mol. The van der Waals surface area contributed by atoms with E-state index < -0.39 is 17.9 Å². The average Bonchev–Trinajstić information content (AvgIpc) is 2.77. The van der Waals surface area contributed by atoms with Gasteiger partial charge in [-0.15, -0.1) is 0 Å². The molecule has 0 aromatic heterocycles. The number of hydrogen-bond acceptors (Lipinski definition) is 9. The lowest BCUT2D eigenvalue weighted by molar-refractivity contribution is -0.140. The largest absolute Gasteiger partial charge is 0.480 e. The van der Waals surface area contributed by atoms with Gasteiger partial charge < -0.3 is 20.2 Å². The van der Waals surface area contributed by atoms with Crippen molar-refractivity contribution >= 4 is 29.7 Å². The molecule has 1 aromatic carbocycles. The van der Waals surface area contributed by atoms with Gasteiger partial charge in [0.25, 0.3) is 0 Å². The SMILES string of the molecule is CN1CCN(CC(=O)O)CCN(CC(=O)O)CCN(CC(=O)O)C[C@@H]1Cc1ccc(SC#N)cc1. The highest BCUT2D eigenvalue weighted by atomic mass is 32.2. The molecule has 11 nitrogen and oxygen atoms in total. The van der Waals surface area contributed by atoms with Gasteiger partial charge in [0, 0.05) is 56.8 Å². The molecule has 1 atom stereocenters. The Bertz CT molecular complexity index is 893. The minimum atomic E-state index is -0.984. The number of rotatable bonds is 9. The molecule has 1 aliphatic rings. The van der Waals surface area contributed by atoms with Gasteiger partial charge in [0.1, 0.15) is 5.40 Å². The second-order valence-corrected chi connectivity index (χ2v) is 9.50. The van der Waals surface area contributed by atoms with E-state index in [1.165, 1.54) is 0 Å². The van der Waals surface area contributed by atoms with Crippen LogP contribution in [0.15, 0.2) is 29.2 Å². The van der Waals surface area contributed by atoms with Gasteiger partial charge in [0.15, 0.2) is 0 Å². The molecule has 0 unspecified atom stereocenters. The van der Waals surface area contributed by atoms with Crippen LogP contribution in [-0.4, -0.2) is 131 Å². The van der Waals surface area contributed by atoms with E-state index >= 15 is 0 Å². The molecule has 35 heavy (non-hydrogen) atoms. The number of carbonyl (C=O) groups is 3. The Morgan fingerprint density at radius 1 is 0.857 bits per heavy atom. The Morgan fingerprint density at radius 3 is 1.80 bits per heavy atom. The van der Waals surface area contributed by atoms with Gasteiger partial charge in [-0.2, -0.15) is 5.26 Å². The third-order valence-corrected chi connectivity index (χ3v) is 6.56. The summed E-state index contributed by atoms with van der Waals surface area (Å²) in [7, 11) is 1.95. The molecule has 2 rings (SSSR count). The van der Waals surface area contributed by atoms with E-state index in [1.54, 1.807) is 9.80 Å². The maximum Gasteiger partial charge on any atom is 0.317 e. The Balaban J connectivity index is 2.25. The third-order valence-electron chi connectivity index (χ3n) is 5.96. The number of thioether (sulfide) groups is 1. The second kappa shape index (κ2) is 14.7. The van der Waals surface area contributed by atoms with Crippen LogP contribution in [0.2, 0.25) is 0 Å². The van der Waals surface area contributed by atoms with Crippen LogP contribution in [0.25, 0.3) is 0 Å². The highest BCUT2D eigenvalue weighted by Crippen LogP contribution is 2.18. The summed E-state index contributed by atoms with van der Waals surface area (Å²) >= 11 is 1.08. The molecule has 1 aliphatic heterocycles. The summed E-state index contributed by atoms with van der Waals surface area (Å²) in [6.45, 7) is 2.52. The smallest absolute Gasteiger partial charge is 0.317 e. The van der Waals surface area contributed by atoms with Gasteiger partial charge in [-0.05, 0) is 42.9 Å². The summed E-state index contributed by atoms with van der Waals surface area (Å²) in [5.74, 6) is -2.87. The van der Waals surface area contributed by atoms with Crippen molar-refractivity contribution in [1.82, 2.24) is 19.6 Å². The molecule has 3 N–H and O–H groups in total. The molecule has 0 amide bonds. The van der Waals surface area contributed by atoms with Crippen molar-refractivity contribution in [1.29, 1.82) is 5.26 Å². The molecule has 1 saturated heterocycles. The van der Waals surface area contributed by atoms with Gasteiger partial charge in [-0.1, -0.05) is 12.1 Å². The first kappa shape index (κ1) is 28.5. The molecule has 0 radical (unpaired) electrons. The Hall–Kier alpha value is -2.69. The highest BCUT2D eigenvalue weighted by molar-refractivity contribution is 8.03. The summed E-state index contributed by atoms with van der Waals surface area (Å²) in [4.78, 5) is 42.6. The van der Waals surface area contributed by atoms with E-state index in [2.05, 4.69) is 4.90 Å². The molecular formula is C23H33N5O6S. The van der Waals surface area contributed by atoms with Crippen LogP contribution in [0.3, 0.4) is 0 Å². The van der Waals surface area contributed by atoms with Crippen LogP contribution in [0.1, 0.15) is 5.56 Å². The predicted octanol–water partition coefficient (Wildman–Crippen LogP) is 0.276. The van der Waals surface area contributed by atoms with Gasteiger partial charge >= 0.3 is 17.9 Å². The zero-order chi connectivity index (χ0) is 25.8. The number of thiocyanates is 1. The third kappa shape index (κ3) is 11.1. The lowest BCUT2D eigenvalue weighted by atomic mass is 10.0. The monoisotopic (exact) mass is 507 g/mol. The topological polar surface area (TPSA) is 149 Å². The molecule has 192 valence electrons. The number of benzene rings is 1. The lowest BCUT2D eigenvalue weighted by Gasteiger charge is -2.36. The zero-order valence-electron chi connectivity index (χ0n) is 19.9. The summed E-state index contributed by atoms with van der Waals surface area (Å²) in [6.07, 6.45) is 0.641. The summed E-state index contributed by atoms with van der Waals surface area (Å²) in [5.41, 5.74) is 1.04. The fourth-order valence-electron chi connectivity index (χ4n) is 4.07. The highest BCUT2D eigenvalue weighted by Gasteiger charge is 2.24.